The van der Waals surface area contributed by atoms with E-state index in [1.807, 2.05) is 13.0 Å². The number of nitrogens with one attached hydrogen (secondary N) is 2. The average Bonchev–Trinajstić information content (AvgIpc) is 3.29. The molecule has 0 spiro atoms. The number of hydrogen-bond donors (Lipinski definition) is 2. The van der Waals surface area contributed by atoms with Gasteiger partial charge in [-0.2, -0.15) is 0 Å². The molecule has 9 heteroatoms. The lowest BCUT2D eigenvalue weighted by atomic mass is 10.1. The predicted octanol–water partition coefficient (Wildman–Crippen LogP) is 3.78. The summed E-state index contributed by atoms with van der Waals surface area (Å²) < 4.78 is 24.4. The van der Waals surface area contributed by atoms with Crippen molar-refractivity contribution >= 4 is 41.3 Å². The van der Waals surface area contributed by atoms with E-state index in [4.69, 9.17) is 14.5 Å². The third-order valence-corrected chi connectivity index (χ3v) is 5.97. The molecule has 1 aliphatic heterocycles. The van der Waals surface area contributed by atoms with Crippen molar-refractivity contribution in [3.63, 3.8) is 0 Å². The van der Waals surface area contributed by atoms with Gasteiger partial charge in [0, 0.05) is 43.7 Å². The molecule has 1 aromatic carbocycles. The summed E-state index contributed by atoms with van der Waals surface area (Å²) in [5.74, 6) is 0.504. The minimum absolute atomic E-state index is 0. The fourth-order valence-electron chi connectivity index (χ4n) is 3.48. The lowest BCUT2D eigenvalue weighted by molar-refractivity contribution is 0.0177. The van der Waals surface area contributed by atoms with Gasteiger partial charge in [0.2, 0.25) is 0 Å². The molecule has 1 aliphatic rings. The molecule has 1 aromatic heterocycles. The quantitative estimate of drug-likeness (QED) is 0.277. The van der Waals surface area contributed by atoms with E-state index in [2.05, 4.69) is 33.0 Å². The van der Waals surface area contributed by atoms with Crippen LogP contribution in [0.1, 0.15) is 29.0 Å². The van der Waals surface area contributed by atoms with Crippen LogP contribution in [-0.4, -0.2) is 57.4 Å². The summed E-state index contributed by atoms with van der Waals surface area (Å²) in [6.07, 6.45) is 0. The summed E-state index contributed by atoms with van der Waals surface area (Å²) in [6, 6.07) is 9.62. The maximum Gasteiger partial charge on any atom is 0.191 e. The Morgan fingerprint density at radius 1 is 1.29 bits per heavy atom. The van der Waals surface area contributed by atoms with Gasteiger partial charge >= 0.3 is 0 Å². The molecule has 0 bridgehead atoms. The highest BCUT2D eigenvalue weighted by Gasteiger charge is 2.23. The first-order valence-corrected chi connectivity index (χ1v) is 11.2. The van der Waals surface area contributed by atoms with Gasteiger partial charge in [0.1, 0.15) is 5.82 Å². The van der Waals surface area contributed by atoms with Gasteiger partial charge in [0.05, 0.1) is 32.4 Å². The second kappa shape index (κ2) is 14.0. The second-order valence-corrected chi connectivity index (χ2v) is 8.09. The van der Waals surface area contributed by atoms with Crippen LogP contribution >= 0.6 is 35.3 Å². The molecule has 0 radical (unpaired) electrons. The zero-order chi connectivity index (χ0) is 21.2. The molecule has 1 saturated heterocycles. The van der Waals surface area contributed by atoms with E-state index in [1.165, 1.54) is 10.9 Å². The molecule has 31 heavy (non-hydrogen) atoms. The number of ether oxygens (including phenoxy) is 2. The van der Waals surface area contributed by atoms with Crippen molar-refractivity contribution in [3.05, 3.63) is 57.5 Å². The van der Waals surface area contributed by atoms with Crippen LogP contribution in [0.15, 0.2) is 40.7 Å². The molecule has 6 nitrogen and oxygen atoms in total. The van der Waals surface area contributed by atoms with Crippen LogP contribution < -0.4 is 10.6 Å². The number of benzene rings is 1. The number of halogens is 2. The predicted molar refractivity (Wildman–Crippen MR) is 135 cm³/mol. The normalized spacial score (nSPS) is 15.9. The van der Waals surface area contributed by atoms with Crippen LogP contribution in [0.5, 0.6) is 0 Å². The number of thiophene rings is 1. The minimum Gasteiger partial charge on any atom is -0.380 e. The molecule has 2 aromatic rings. The van der Waals surface area contributed by atoms with Crippen LogP contribution in [0.2, 0.25) is 0 Å². The summed E-state index contributed by atoms with van der Waals surface area (Å²) in [6.45, 7) is 7.68. The fourth-order valence-corrected chi connectivity index (χ4v) is 4.34. The van der Waals surface area contributed by atoms with Crippen LogP contribution in [-0.2, 0) is 22.6 Å². The van der Waals surface area contributed by atoms with E-state index >= 15 is 0 Å². The van der Waals surface area contributed by atoms with Crippen molar-refractivity contribution < 1.29 is 13.9 Å². The van der Waals surface area contributed by atoms with Gasteiger partial charge < -0.3 is 20.1 Å². The Hall–Kier alpha value is -1.27. The van der Waals surface area contributed by atoms with Gasteiger partial charge in [0.15, 0.2) is 5.96 Å². The van der Waals surface area contributed by atoms with E-state index in [1.54, 1.807) is 24.5 Å². The first-order chi connectivity index (χ1) is 14.7. The van der Waals surface area contributed by atoms with Crippen molar-refractivity contribution in [2.45, 2.75) is 26.1 Å². The molecule has 2 heterocycles. The Bertz CT molecular complexity index is 801. The van der Waals surface area contributed by atoms with Gasteiger partial charge in [-0.25, -0.2) is 9.38 Å². The SMILES string of the molecule is CCNC(=NCc1ccc(F)c(COC)c1)NCC(c1cccs1)N1CCOCC1.I. The number of methoxy groups -OCH3 is 1. The molecule has 172 valence electrons. The third kappa shape index (κ3) is 7.98. The van der Waals surface area contributed by atoms with Crippen molar-refractivity contribution in [1.29, 1.82) is 0 Å². The summed E-state index contributed by atoms with van der Waals surface area (Å²) in [7, 11) is 1.57. The van der Waals surface area contributed by atoms with Crippen molar-refractivity contribution in [1.82, 2.24) is 15.5 Å². The highest BCUT2D eigenvalue weighted by molar-refractivity contribution is 14.0. The average molecular weight is 562 g/mol. The van der Waals surface area contributed by atoms with Gasteiger partial charge in [-0.1, -0.05) is 12.1 Å². The maximum absolute atomic E-state index is 13.8. The van der Waals surface area contributed by atoms with Crippen molar-refractivity contribution in [3.8, 4) is 0 Å². The van der Waals surface area contributed by atoms with E-state index < -0.39 is 0 Å². The third-order valence-electron chi connectivity index (χ3n) is 4.99. The number of morpholine rings is 1. The Labute approximate surface area is 205 Å². The number of rotatable bonds is 9. The summed E-state index contributed by atoms with van der Waals surface area (Å²) in [5, 5.41) is 8.92. The summed E-state index contributed by atoms with van der Waals surface area (Å²) in [4.78, 5) is 8.50. The Morgan fingerprint density at radius 2 is 2.10 bits per heavy atom. The molecular weight excluding hydrogens is 530 g/mol. The van der Waals surface area contributed by atoms with E-state index in [9.17, 15) is 4.39 Å². The first-order valence-electron chi connectivity index (χ1n) is 10.3. The largest absolute Gasteiger partial charge is 0.380 e. The van der Waals surface area contributed by atoms with Gasteiger partial charge in [-0.3, -0.25) is 4.90 Å². The number of aliphatic imine (C=N–C) groups is 1. The van der Waals surface area contributed by atoms with Gasteiger partial charge in [-0.05, 0) is 36.1 Å². The highest BCUT2D eigenvalue weighted by atomic mass is 127. The highest BCUT2D eigenvalue weighted by Crippen LogP contribution is 2.25. The van der Waals surface area contributed by atoms with E-state index in [-0.39, 0.29) is 42.4 Å². The molecular formula is C22H32FIN4O2S. The van der Waals surface area contributed by atoms with Crippen LogP contribution in [0, 0.1) is 5.82 Å². The monoisotopic (exact) mass is 562 g/mol. The number of guanidine groups is 1. The Kier molecular flexibility index (Phi) is 11.7. The first kappa shape index (κ1) is 26.0. The zero-order valence-corrected chi connectivity index (χ0v) is 21.3. The van der Waals surface area contributed by atoms with Gasteiger partial charge in [0.25, 0.3) is 0 Å². The molecule has 1 fully saturated rings. The minimum atomic E-state index is -0.251. The van der Waals surface area contributed by atoms with Crippen LogP contribution in [0.3, 0.4) is 0 Å². The molecule has 1 atom stereocenters. The lowest BCUT2D eigenvalue weighted by Gasteiger charge is -2.34. The van der Waals surface area contributed by atoms with Gasteiger partial charge in [-0.15, -0.1) is 35.3 Å². The second-order valence-electron chi connectivity index (χ2n) is 7.11. The van der Waals surface area contributed by atoms with E-state index in [0.717, 1.165) is 50.9 Å². The molecule has 0 aliphatic carbocycles. The smallest absolute Gasteiger partial charge is 0.191 e. The standard InChI is InChI=1S/C22H31FN4O2S.HI/c1-3-24-22(25-14-17-6-7-19(23)18(13-17)16-28-2)26-15-20(21-5-4-12-30-21)27-8-10-29-11-9-27;/h4-7,12-13,20H,3,8-11,14-16H2,1-2H3,(H2,24,25,26);1H. The van der Waals surface area contributed by atoms with Crippen LogP contribution in [0.4, 0.5) is 4.39 Å². The van der Waals surface area contributed by atoms with Crippen molar-refractivity contribution in [2.24, 2.45) is 4.99 Å². The maximum atomic E-state index is 13.8. The molecule has 3 rings (SSSR count). The molecule has 2 N–H and O–H groups in total. The fraction of sp³-hybridized carbons (Fsp3) is 0.500. The molecule has 0 amide bonds. The number of nitrogens with zero attached hydrogens (tertiary/aromatic N) is 2. The number of hydrogen-bond acceptors (Lipinski definition) is 5. The lowest BCUT2D eigenvalue weighted by Crippen LogP contribution is -2.46. The van der Waals surface area contributed by atoms with E-state index in [0.29, 0.717) is 12.1 Å². The summed E-state index contributed by atoms with van der Waals surface area (Å²) >= 11 is 1.78. The Morgan fingerprint density at radius 3 is 2.77 bits per heavy atom. The van der Waals surface area contributed by atoms with Crippen LogP contribution in [0.25, 0.3) is 0 Å². The molecule has 0 saturated carbocycles. The topological polar surface area (TPSA) is 58.1 Å². The summed E-state index contributed by atoms with van der Waals surface area (Å²) in [5.41, 5.74) is 1.50. The van der Waals surface area contributed by atoms with Crippen molar-refractivity contribution in [2.75, 3.05) is 46.5 Å². The zero-order valence-electron chi connectivity index (χ0n) is 18.1. The Balaban J connectivity index is 0.00000341. The molecule has 1 unspecified atom stereocenters.